The van der Waals surface area contributed by atoms with E-state index in [1.165, 1.54) is 52.7 Å². The van der Waals surface area contributed by atoms with Gasteiger partial charge in [-0.05, 0) is 32.1 Å². The van der Waals surface area contributed by atoms with Gasteiger partial charge in [0.2, 0.25) is 0 Å². The molecule has 25 heavy (non-hydrogen) atoms. The quantitative estimate of drug-likeness (QED) is 0.301. The fourth-order valence-electron chi connectivity index (χ4n) is 3.29. The number of rotatable bonds is 4. The second kappa shape index (κ2) is 17.6. The Balaban J connectivity index is 0.000000374. The van der Waals surface area contributed by atoms with Crippen molar-refractivity contribution in [3.05, 3.63) is 38.8 Å². The molecule has 1 saturated carbocycles. The molecule has 8 heteroatoms. The Kier molecular flexibility index (Phi) is 17.7. The Hall–Kier alpha value is 0.174. The summed E-state index contributed by atoms with van der Waals surface area (Å²) in [5.74, 6) is 1.69. The molecule has 138 valence electrons. The van der Waals surface area contributed by atoms with Gasteiger partial charge in [-0.25, -0.2) is 0 Å². The molecule has 0 aromatic heterocycles. The first-order valence-electron chi connectivity index (χ1n) is 8.21. The molecule has 1 aliphatic carbocycles. The van der Waals surface area contributed by atoms with Crippen molar-refractivity contribution in [2.75, 3.05) is 14.2 Å². The molecule has 0 atom stereocenters. The standard InChI is InChI=1S/C9H15BO.C5H5.C2H6O3P.CO.Fe/c1-11-10-8-4-2-5-9(10)7-3-6-8;1-2-4-5-3-1;1-4-6(3)5-2;1-2;/h1,8-9H,2-7H2;1-5H;1-2H3;;/q;;+1;;+1. The summed E-state index contributed by atoms with van der Waals surface area (Å²) in [4.78, 5) is 0. The molecule has 5 radical (unpaired) electrons. The third kappa shape index (κ3) is 11.5. The van der Waals surface area contributed by atoms with Gasteiger partial charge in [-0.3, -0.25) is 0 Å². The van der Waals surface area contributed by atoms with E-state index < -0.39 is 8.25 Å². The van der Waals surface area contributed by atoms with E-state index in [0.29, 0.717) is 6.92 Å². The minimum absolute atomic E-state index is 0.519. The molecular formula is C17H26BFeO5P+2. The monoisotopic (exact) mass is 408 g/mol. The third-order valence-electron chi connectivity index (χ3n) is 4.29. The maximum absolute atomic E-state index is 9.88. The second-order valence-electron chi connectivity index (χ2n) is 5.62. The van der Waals surface area contributed by atoms with Gasteiger partial charge in [-0.2, -0.15) is 0 Å². The number of hydrogen-bond donors (Lipinski definition) is 0. The van der Waals surface area contributed by atoms with Crippen LogP contribution in [0.3, 0.4) is 0 Å². The Morgan fingerprint density at radius 2 is 1.36 bits per heavy atom. The van der Waals surface area contributed by atoms with Crippen molar-refractivity contribution in [3.63, 3.8) is 0 Å². The number of hydrogen-bond acceptors (Lipinski definition) is 4. The molecule has 2 heterocycles. The summed E-state index contributed by atoms with van der Waals surface area (Å²) in [5.41, 5.74) is 0. The summed E-state index contributed by atoms with van der Waals surface area (Å²) < 4.78 is 31.4. The van der Waals surface area contributed by atoms with Gasteiger partial charge < -0.3 is 0 Å². The molecule has 3 fully saturated rings. The van der Waals surface area contributed by atoms with Gasteiger partial charge in [-0.1, -0.05) is 0 Å². The summed E-state index contributed by atoms with van der Waals surface area (Å²) in [7, 11) is 0.817. The van der Waals surface area contributed by atoms with Gasteiger partial charge in [0.15, 0.2) is 0 Å². The first-order chi connectivity index (χ1) is 12.2. The van der Waals surface area contributed by atoms with E-state index in [4.69, 9.17) is 9.31 Å². The Morgan fingerprint density at radius 1 is 1.00 bits per heavy atom. The van der Waals surface area contributed by atoms with Crippen LogP contribution in [0.4, 0.5) is 0 Å². The van der Waals surface area contributed by atoms with E-state index in [-0.39, 0.29) is 0 Å². The van der Waals surface area contributed by atoms with Crippen molar-refractivity contribution in [2.45, 2.75) is 50.2 Å². The van der Waals surface area contributed by atoms with E-state index in [9.17, 15) is 4.57 Å². The maximum atomic E-state index is 9.88. The van der Waals surface area contributed by atoms with Crippen LogP contribution in [0.1, 0.15) is 38.5 Å². The molecule has 2 saturated heterocycles. The zero-order chi connectivity index (χ0) is 18.9. The van der Waals surface area contributed by atoms with Crippen LogP contribution < -0.4 is 0 Å². The summed E-state index contributed by atoms with van der Waals surface area (Å²) in [6.07, 6.45) is 18.4. The van der Waals surface area contributed by atoms with E-state index in [1.807, 2.05) is 32.1 Å². The Labute approximate surface area is 162 Å². The molecule has 5 nitrogen and oxygen atoms in total. The minimum atomic E-state index is -1.83. The molecule has 0 aromatic rings. The van der Waals surface area contributed by atoms with Gasteiger partial charge in [0.05, 0.1) is 14.2 Å². The predicted molar refractivity (Wildman–Crippen MR) is 95.2 cm³/mol. The van der Waals surface area contributed by atoms with Crippen LogP contribution in [0, 0.1) is 38.8 Å². The van der Waals surface area contributed by atoms with Gasteiger partial charge in [0, 0.05) is 4.57 Å². The van der Waals surface area contributed by atoms with Crippen molar-refractivity contribution in [3.8, 4) is 0 Å². The first kappa shape index (κ1) is 25.2. The predicted octanol–water partition coefficient (Wildman–Crippen LogP) is 4.33. The van der Waals surface area contributed by atoms with Crippen LogP contribution in [0.2, 0.25) is 11.6 Å². The molecule has 2 aliphatic heterocycles. The fraction of sp³-hybridized carbons (Fsp3) is 0.588. The average Bonchev–Trinajstić information content (AvgIpc) is 3.23. The van der Waals surface area contributed by atoms with Crippen LogP contribution in [-0.2, 0) is 38.5 Å². The topological polar surface area (TPSA) is 64.7 Å². The van der Waals surface area contributed by atoms with E-state index in [2.05, 4.69) is 31.3 Å². The molecule has 0 amide bonds. The van der Waals surface area contributed by atoms with Gasteiger partial charge in [0.1, 0.15) is 0 Å². The van der Waals surface area contributed by atoms with Crippen molar-refractivity contribution in [2.24, 2.45) is 0 Å². The molecular weight excluding hydrogens is 382 g/mol. The molecule has 0 N–H and O–H groups in total. The molecule has 0 aromatic carbocycles. The summed E-state index contributed by atoms with van der Waals surface area (Å²) >= 11 is 3.66. The van der Waals surface area contributed by atoms with Crippen molar-refractivity contribution in [1.29, 1.82) is 0 Å². The molecule has 0 unspecified atom stereocenters. The number of fused-ring (bicyclic) bond motifs is 2. The SMILES string of the molecule is CO[P+](=O)OC.[C-]#[O+].[CH]1[CH][CH][CH][CH]1.[Fe+]=[CH]OB1C2CCCC1CCC2. The van der Waals surface area contributed by atoms with E-state index in [1.54, 1.807) is 5.11 Å². The Bertz CT molecular complexity index is 344. The van der Waals surface area contributed by atoms with Crippen LogP contribution in [0.25, 0.3) is 0 Å². The van der Waals surface area contributed by atoms with Gasteiger partial charge in [-0.15, -0.1) is 9.05 Å². The van der Waals surface area contributed by atoms with E-state index in [0.717, 1.165) is 11.6 Å². The summed E-state index contributed by atoms with van der Waals surface area (Å²) in [5, 5.41) is 1.64. The molecule has 2 bridgehead atoms. The van der Waals surface area contributed by atoms with Crippen LogP contribution in [-0.4, -0.2) is 26.2 Å². The van der Waals surface area contributed by atoms with E-state index >= 15 is 0 Å². The zero-order valence-electron chi connectivity index (χ0n) is 14.8. The fourth-order valence-corrected chi connectivity index (χ4v) is 3.61. The van der Waals surface area contributed by atoms with Crippen molar-refractivity contribution in [1.82, 2.24) is 0 Å². The molecule has 3 rings (SSSR count). The van der Waals surface area contributed by atoms with Crippen molar-refractivity contribution < 1.29 is 38.5 Å². The third-order valence-corrected chi connectivity index (χ3v) is 5.03. The van der Waals surface area contributed by atoms with Gasteiger partial charge in [0.25, 0.3) is 0 Å². The van der Waals surface area contributed by atoms with Crippen molar-refractivity contribution >= 4 is 20.3 Å². The molecule has 3 aliphatic rings. The Morgan fingerprint density at radius 3 is 1.60 bits per heavy atom. The van der Waals surface area contributed by atoms with Gasteiger partial charge >= 0.3 is 102 Å². The second-order valence-corrected chi connectivity index (χ2v) is 7.05. The van der Waals surface area contributed by atoms with Crippen LogP contribution >= 0.6 is 8.25 Å². The van der Waals surface area contributed by atoms with Crippen LogP contribution in [0.5, 0.6) is 0 Å². The normalized spacial score (nSPS) is 23.6. The average molecular weight is 408 g/mol. The molecule has 0 spiro atoms. The first-order valence-corrected chi connectivity index (χ1v) is 9.94. The summed E-state index contributed by atoms with van der Waals surface area (Å²) in [6.45, 7) is 5.02. The zero-order valence-corrected chi connectivity index (χ0v) is 16.8. The summed E-state index contributed by atoms with van der Waals surface area (Å²) in [6, 6.07) is 0. The van der Waals surface area contributed by atoms with Crippen LogP contribution in [0.15, 0.2) is 0 Å².